The Morgan fingerprint density at radius 1 is 1.29 bits per heavy atom. The molecule has 1 nitrogen and oxygen atoms in total. The molecule has 1 aliphatic heterocycles. The Balaban J connectivity index is 2.37. The Hall–Kier alpha value is -0.340. The van der Waals surface area contributed by atoms with Crippen molar-refractivity contribution in [3.63, 3.8) is 0 Å². The van der Waals surface area contributed by atoms with Crippen LogP contribution in [0.1, 0.15) is 35.6 Å². The standard InChI is InChI=1S/C12H16BrN/c1-8-7-11(13)9(2)6-10(8)12-4-3-5-14-12/h6-7,12,14H,3-5H2,1-2H3. The largest absolute Gasteiger partial charge is 0.310 e. The molecule has 76 valence electrons. The van der Waals surface area contributed by atoms with Crippen molar-refractivity contribution >= 4 is 15.9 Å². The summed E-state index contributed by atoms with van der Waals surface area (Å²) in [5.74, 6) is 0. The normalized spacial score (nSPS) is 21.5. The Morgan fingerprint density at radius 3 is 2.71 bits per heavy atom. The monoisotopic (exact) mass is 253 g/mol. The van der Waals surface area contributed by atoms with Gasteiger partial charge in [-0.2, -0.15) is 0 Å². The topological polar surface area (TPSA) is 12.0 Å². The van der Waals surface area contributed by atoms with Gasteiger partial charge >= 0.3 is 0 Å². The SMILES string of the molecule is Cc1cc(C2CCCN2)c(C)cc1Br. The third-order valence-electron chi connectivity index (χ3n) is 2.98. The predicted octanol–water partition coefficient (Wildman–Crippen LogP) is 3.49. The van der Waals surface area contributed by atoms with E-state index in [2.05, 4.69) is 47.2 Å². The summed E-state index contributed by atoms with van der Waals surface area (Å²) in [4.78, 5) is 0. The Morgan fingerprint density at radius 2 is 2.07 bits per heavy atom. The van der Waals surface area contributed by atoms with Gasteiger partial charge < -0.3 is 5.32 Å². The lowest BCUT2D eigenvalue weighted by Gasteiger charge is -2.15. The Labute approximate surface area is 94.0 Å². The molecule has 1 aromatic rings. The average molecular weight is 254 g/mol. The second kappa shape index (κ2) is 4.03. The first-order valence-electron chi connectivity index (χ1n) is 5.18. The van der Waals surface area contributed by atoms with E-state index in [-0.39, 0.29) is 0 Å². The van der Waals surface area contributed by atoms with Crippen LogP contribution in [0.2, 0.25) is 0 Å². The zero-order valence-corrected chi connectivity index (χ0v) is 10.3. The molecule has 0 aromatic heterocycles. The molecule has 2 heteroatoms. The predicted molar refractivity (Wildman–Crippen MR) is 63.6 cm³/mol. The average Bonchev–Trinajstić information content (AvgIpc) is 2.64. The second-order valence-electron chi connectivity index (χ2n) is 4.11. The molecule has 0 spiro atoms. The Bertz CT molecular complexity index is 340. The maximum atomic E-state index is 3.57. The third kappa shape index (κ3) is 1.86. The minimum absolute atomic E-state index is 0.585. The molecule has 1 aliphatic rings. The summed E-state index contributed by atoms with van der Waals surface area (Å²) < 4.78 is 1.22. The van der Waals surface area contributed by atoms with Gasteiger partial charge in [-0.3, -0.25) is 0 Å². The van der Waals surface area contributed by atoms with Crippen LogP contribution in [0.3, 0.4) is 0 Å². The van der Waals surface area contributed by atoms with Gasteiger partial charge in [-0.25, -0.2) is 0 Å². The van der Waals surface area contributed by atoms with E-state index in [1.807, 2.05) is 0 Å². The minimum atomic E-state index is 0.585. The minimum Gasteiger partial charge on any atom is -0.310 e. The number of halogens is 1. The van der Waals surface area contributed by atoms with Gasteiger partial charge in [-0.05, 0) is 56.0 Å². The highest BCUT2D eigenvalue weighted by Gasteiger charge is 2.18. The van der Waals surface area contributed by atoms with E-state index < -0.39 is 0 Å². The molecule has 14 heavy (non-hydrogen) atoms. The molecule has 1 fully saturated rings. The summed E-state index contributed by atoms with van der Waals surface area (Å²) in [6.07, 6.45) is 2.58. The lowest BCUT2D eigenvalue weighted by molar-refractivity contribution is 0.643. The molecule has 1 atom stereocenters. The number of rotatable bonds is 1. The van der Waals surface area contributed by atoms with Crippen molar-refractivity contribution < 1.29 is 0 Å². The lowest BCUT2D eigenvalue weighted by Crippen LogP contribution is -2.14. The molecule has 0 saturated carbocycles. The molecule has 0 bridgehead atoms. The smallest absolute Gasteiger partial charge is 0.0323 e. The van der Waals surface area contributed by atoms with Gasteiger partial charge in [-0.1, -0.05) is 22.0 Å². The van der Waals surface area contributed by atoms with E-state index in [1.54, 1.807) is 0 Å². The van der Waals surface area contributed by atoms with Crippen LogP contribution in [0.15, 0.2) is 16.6 Å². The van der Waals surface area contributed by atoms with Crippen LogP contribution in [0.4, 0.5) is 0 Å². The van der Waals surface area contributed by atoms with Crippen molar-refractivity contribution in [2.45, 2.75) is 32.7 Å². The van der Waals surface area contributed by atoms with E-state index >= 15 is 0 Å². The third-order valence-corrected chi connectivity index (χ3v) is 3.84. The Kier molecular flexibility index (Phi) is 2.93. The molecule has 1 aromatic carbocycles. The van der Waals surface area contributed by atoms with Gasteiger partial charge in [0.2, 0.25) is 0 Å². The molecule has 1 heterocycles. The fourth-order valence-electron chi connectivity index (χ4n) is 2.13. The molecule has 1 unspecified atom stereocenters. The second-order valence-corrected chi connectivity index (χ2v) is 4.96. The first-order chi connectivity index (χ1) is 6.68. The fourth-order valence-corrected chi connectivity index (χ4v) is 2.59. The summed E-state index contributed by atoms with van der Waals surface area (Å²) in [6, 6.07) is 5.12. The van der Waals surface area contributed by atoms with Gasteiger partial charge in [0.15, 0.2) is 0 Å². The van der Waals surface area contributed by atoms with Crippen LogP contribution in [0, 0.1) is 13.8 Å². The zero-order chi connectivity index (χ0) is 10.1. The summed E-state index contributed by atoms with van der Waals surface area (Å²) in [5.41, 5.74) is 4.20. The quantitative estimate of drug-likeness (QED) is 0.808. The summed E-state index contributed by atoms with van der Waals surface area (Å²) in [5, 5.41) is 3.55. The van der Waals surface area contributed by atoms with Crippen LogP contribution >= 0.6 is 15.9 Å². The van der Waals surface area contributed by atoms with Crippen molar-refractivity contribution in [2.75, 3.05) is 6.54 Å². The molecular weight excluding hydrogens is 238 g/mol. The summed E-state index contributed by atoms with van der Waals surface area (Å²) in [6.45, 7) is 5.51. The lowest BCUT2D eigenvalue weighted by atomic mass is 9.98. The number of aryl methyl sites for hydroxylation is 2. The molecule has 1 saturated heterocycles. The van der Waals surface area contributed by atoms with E-state index in [9.17, 15) is 0 Å². The van der Waals surface area contributed by atoms with Gasteiger partial charge in [0.1, 0.15) is 0 Å². The van der Waals surface area contributed by atoms with Crippen molar-refractivity contribution in [3.8, 4) is 0 Å². The van der Waals surface area contributed by atoms with Crippen molar-refractivity contribution in [2.24, 2.45) is 0 Å². The summed E-state index contributed by atoms with van der Waals surface area (Å²) >= 11 is 3.57. The highest BCUT2D eigenvalue weighted by molar-refractivity contribution is 9.10. The van der Waals surface area contributed by atoms with Gasteiger partial charge in [0.05, 0.1) is 0 Å². The van der Waals surface area contributed by atoms with Crippen LogP contribution in [0.25, 0.3) is 0 Å². The van der Waals surface area contributed by atoms with E-state index in [0.29, 0.717) is 6.04 Å². The van der Waals surface area contributed by atoms with Gasteiger partial charge in [0, 0.05) is 10.5 Å². The van der Waals surface area contributed by atoms with Crippen molar-refractivity contribution in [1.29, 1.82) is 0 Å². The van der Waals surface area contributed by atoms with E-state index in [4.69, 9.17) is 0 Å². The highest BCUT2D eigenvalue weighted by Crippen LogP contribution is 2.29. The van der Waals surface area contributed by atoms with Crippen LogP contribution in [-0.4, -0.2) is 6.54 Å². The first kappa shape index (κ1) is 10.2. The molecule has 0 aliphatic carbocycles. The van der Waals surface area contributed by atoms with Crippen LogP contribution < -0.4 is 5.32 Å². The van der Waals surface area contributed by atoms with Crippen molar-refractivity contribution in [1.82, 2.24) is 5.32 Å². The summed E-state index contributed by atoms with van der Waals surface area (Å²) in [7, 11) is 0. The maximum absolute atomic E-state index is 3.57. The number of benzene rings is 1. The van der Waals surface area contributed by atoms with Crippen molar-refractivity contribution in [3.05, 3.63) is 33.3 Å². The van der Waals surface area contributed by atoms with Gasteiger partial charge in [0.25, 0.3) is 0 Å². The molecule has 0 amide bonds. The molecule has 2 rings (SSSR count). The molecule has 1 N–H and O–H groups in total. The van der Waals surface area contributed by atoms with E-state index in [0.717, 1.165) is 0 Å². The number of hydrogen-bond donors (Lipinski definition) is 1. The first-order valence-corrected chi connectivity index (χ1v) is 5.98. The maximum Gasteiger partial charge on any atom is 0.0323 e. The van der Waals surface area contributed by atoms with E-state index in [1.165, 1.54) is 40.5 Å². The van der Waals surface area contributed by atoms with Gasteiger partial charge in [-0.15, -0.1) is 0 Å². The highest BCUT2D eigenvalue weighted by atomic mass is 79.9. The molecular formula is C12H16BrN. The number of nitrogens with one attached hydrogen (secondary N) is 1. The molecule has 0 radical (unpaired) electrons. The van der Waals surface area contributed by atoms with Crippen LogP contribution in [-0.2, 0) is 0 Å². The fraction of sp³-hybridized carbons (Fsp3) is 0.500. The van der Waals surface area contributed by atoms with Crippen LogP contribution in [0.5, 0.6) is 0 Å². The zero-order valence-electron chi connectivity index (χ0n) is 8.73. The number of hydrogen-bond acceptors (Lipinski definition) is 1.